The van der Waals surface area contributed by atoms with Crippen LogP contribution in [0.4, 0.5) is 5.82 Å². The van der Waals surface area contributed by atoms with E-state index in [-0.39, 0.29) is 5.56 Å². The number of hydrogen-bond acceptors (Lipinski definition) is 5. The van der Waals surface area contributed by atoms with Crippen LogP contribution in [0.15, 0.2) is 66.7 Å². The normalized spacial score (nSPS) is 11.2. The number of fused-ring (bicyclic) bond motifs is 3. The first-order valence-corrected chi connectivity index (χ1v) is 11.6. The number of rotatable bonds is 7. The maximum atomic E-state index is 11.3. The van der Waals surface area contributed by atoms with Crippen LogP contribution in [0.3, 0.4) is 0 Å². The number of hydrogen-bond donors (Lipinski definition) is 2. The van der Waals surface area contributed by atoms with Gasteiger partial charge in [0, 0.05) is 24.0 Å². The third kappa shape index (κ3) is 4.15. The average Bonchev–Trinajstić information content (AvgIpc) is 3.21. The summed E-state index contributed by atoms with van der Waals surface area (Å²) in [5.41, 5.74) is 3.83. The number of ether oxygens (including phenoxy) is 1. The zero-order valence-electron chi connectivity index (χ0n) is 19.2. The van der Waals surface area contributed by atoms with Crippen molar-refractivity contribution in [1.82, 2.24) is 14.5 Å². The number of nitrogens with one attached hydrogen (secondary N) is 1. The smallest absolute Gasteiger partial charge is 0.335 e. The first-order chi connectivity index (χ1) is 17.0. The van der Waals surface area contributed by atoms with Crippen LogP contribution >= 0.6 is 11.6 Å². The predicted octanol–water partition coefficient (Wildman–Crippen LogP) is 6.24. The minimum absolute atomic E-state index is 0.215. The fourth-order valence-corrected chi connectivity index (χ4v) is 4.55. The monoisotopic (exact) mass is 486 g/mol. The van der Waals surface area contributed by atoms with Crippen LogP contribution in [-0.2, 0) is 13.1 Å². The molecule has 176 valence electrons. The van der Waals surface area contributed by atoms with Gasteiger partial charge in [-0.25, -0.2) is 14.8 Å². The quantitative estimate of drug-likeness (QED) is 0.283. The van der Waals surface area contributed by atoms with Gasteiger partial charge >= 0.3 is 5.97 Å². The molecule has 35 heavy (non-hydrogen) atoms. The summed E-state index contributed by atoms with van der Waals surface area (Å²) in [6.45, 7) is 3.33. The summed E-state index contributed by atoms with van der Waals surface area (Å²) < 4.78 is 7.42. The second kappa shape index (κ2) is 9.27. The van der Waals surface area contributed by atoms with Gasteiger partial charge in [-0.3, -0.25) is 0 Å². The van der Waals surface area contributed by atoms with Crippen LogP contribution in [0.25, 0.3) is 33.3 Å². The van der Waals surface area contributed by atoms with Crippen LogP contribution in [0.2, 0.25) is 5.02 Å². The molecule has 0 spiro atoms. The molecule has 5 rings (SSSR count). The second-order valence-corrected chi connectivity index (χ2v) is 8.47. The molecule has 2 heterocycles. The molecule has 0 aliphatic rings. The molecule has 2 N–H and O–H groups in total. The molecule has 7 nitrogen and oxygen atoms in total. The largest absolute Gasteiger partial charge is 0.495 e. The van der Waals surface area contributed by atoms with Gasteiger partial charge in [0.25, 0.3) is 0 Å². The van der Waals surface area contributed by atoms with Crippen molar-refractivity contribution in [3.63, 3.8) is 0 Å². The maximum absolute atomic E-state index is 11.3. The number of para-hydroxylation sites is 1. The van der Waals surface area contributed by atoms with E-state index in [1.807, 2.05) is 30.3 Å². The Morgan fingerprint density at radius 2 is 1.86 bits per heavy atom. The summed E-state index contributed by atoms with van der Waals surface area (Å²) in [5, 5.41) is 15.3. The average molecular weight is 487 g/mol. The lowest BCUT2D eigenvalue weighted by Gasteiger charge is -2.12. The van der Waals surface area contributed by atoms with E-state index in [0.717, 1.165) is 39.6 Å². The molecule has 0 unspecified atom stereocenters. The van der Waals surface area contributed by atoms with Gasteiger partial charge in [-0.05, 0) is 42.8 Å². The number of anilines is 1. The Labute approximate surface area is 207 Å². The van der Waals surface area contributed by atoms with Gasteiger partial charge in [-0.15, -0.1) is 0 Å². The standard InChI is InChI=1S/C27H23ClN4O3/c1-3-32-21-7-5-4-6-19(21)23-25(29-15-16-8-13-22(35-2)20(28)14-16)30-24(31-26(23)32)17-9-11-18(12-10-17)27(33)34/h4-14H,3,15H2,1-2H3,(H,33,34)(H,29,30,31). The van der Waals surface area contributed by atoms with Crippen molar-refractivity contribution in [3.8, 4) is 17.1 Å². The van der Waals surface area contributed by atoms with Crippen LogP contribution < -0.4 is 10.1 Å². The van der Waals surface area contributed by atoms with Crippen molar-refractivity contribution < 1.29 is 14.6 Å². The molecule has 0 amide bonds. The fourth-order valence-electron chi connectivity index (χ4n) is 4.27. The number of aromatic nitrogens is 3. The van der Waals surface area contributed by atoms with Gasteiger partial charge in [-0.2, -0.15) is 0 Å². The second-order valence-electron chi connectivity index (χ2n) is 8.06. The summed E-state index contributed by atoms with van der Waals surface area (Å²) in [5.74, 6) is 0.863. The Morgan fingerprint density at radius 1 is 1.09 bits per heavy atom. The fraction of sp³-hybridized carbons (Fsp3) is 0.148. The molecular formula is C27H23ClN4O3. The van der Waals surface area contributed by atoms with Crippen LogP contribution in [0.5, 0.6) is 5.75 Å². The van der Waals surface area contributed by atoms with Crippen molar-refractivity contribution >= 4 is 45.3 Å². The third-order valence-electron chi connectivity index (χ3n) is 5.99. The number of carboxylic acid groups (broad SMARTS) is 1. The summed E-state index contributed by atoms with van der Waals surface area (Å²) in [6.07, 6.45) is 0. The Balaban J connectivity index is 1.65. The van der Waals surface area contributed by atoms with Gasteiger partial charge in [-0.1, -0.05) is 48.0 Å². The highest BCUT2D eigenvalue weighted by Gasteiger charge is 2.18. The Morgan fingerprint density at radius 3 is 2.54 bits per heavy atom. The van der Waals surface area contributed by atoms with Crippen molar-refractivity contribution in [1.29, 1.82) is 0 Å². The molecule has 0 atom stereocenters. The van der Waals surface area contributed by atoms with Gasteiger partial charge in [0.15, 0.2) is 5.82 Å². The van der Waals surface area contributed by atoms with Crippen molar-refractivity contribution in [3.05, 3.63) is 82.9 Å². The van der Waals surface area contributed by atoms with Crippen molar-refractivity contribution in [2.45, 2.75) is 20.0 Å². The highest BCUT2D eigenvalue weighted by atomic mass is 35.5. The highest BCUT2D eigenvalue weighted by Crippen LogP contribution is 2.35. The molecule has 0 radical (unpaired) electrons. The SMILES string of the molecule is CCn1c2ccccc2c2c(NCc3ccc(OC)c(Cl)c3)nc(-c3ccc(C(=O)O)cc3)nc21. The van der Waals surface area contributed by atoms with E-state index in [2.05, 4.69) is 28.9 Å². The van der Waals surface area contributed by atoms with Crippen LogP contribution in [0, 0.1) is 0 Å². The molecule has 2 aromatic heterocycles. The van der Waals surface area contributed by atoms with E-state index >= 15 is 0 Å². The Kier molecular flexibility index (Phi) is 6.01. The summed E-state index contributed by atoms with van der Waals surface area (Å²) in [7, 11) is 1.59. The molecular weight excluding hydrogens is 464 g/mol. The zero-order valence-corrected chi connectivity index (χ0v) is 20.0. The Hall–Kier alpha value is -4.10. The lowest BCUT2D eigenvalue weighted by Crippen LogP contribution is -2.05. The van der Waals surface area contributed by atoms with Gasteiger partial charge in [0.05, 0.1) is 28.6 Å². The van der Waals surface area contributed by atoms with E-state index in [1.54, 1.807) is 31.4 Å². The van der Waals surface area contributed by atoms with E-state index in [9.17, 15) is 9.90 Å². The molecule has 0 aliphatic heterocycles. The van der Waals surface area contributed by atoms with E-state index in [1.165, 1.54) is 0 Å². The number of nitrogens with zero attached hydrogens (tertiary/aromatic N) is 3. The predicted molar refractivity (Wildman–Crippen MR) is 138 cm³/mol. The number of carboxylic acids is 1. The molecule has 0 saturated heterocycles. The lowest BCUT2D eigenvalue weighted by atomic mass is 10.1. The number of benzene rings is 3. The minimum atomic E-state index is -0.973. The molecule has 0 bridgehead atoms. The third-order valence-corrected chi connectivity index (χ3v) is 6.29. The first-order valence-electron chi connectivity index (χ1n) is 11.2. The van der Waals surface area contributed by atoms with Crippen LogP contribution in [0.1, 0.15) is 22.8 Å². The minimum Gasteiger partial charge on any atom is -0.495 e. The zero-order chi connectivity index (χ0) is 24.5. The molecule has 5 aromatic rings. The van der Waals surface area contributed by atoms with Gasteiger partial charge < -0.3 is 19.7 Å². The van der Waals surface area contributed by atoms with Crippen LogP contribution in [-0.4, -0.2) is 32.7 Å². The summed E-state index contributed by atoms with van der Waals surface area (Å²) >= 11 is 6.32. The number of aryl methyl sites for hydroxylation is 1. The number of carbonyl (C=O) groups is 1. The lowest BCUT2D eigenvalue weighted by molar-refractivity contribution is 0.0697. The Bertz CT molecular complexity index is 1560. The highest BCUT2D eigenvalue weighted by molar-refractivity contribution is 6.32. The van der Waals surface area contributed by atoms with E-state index in [0.29, 0.717) is 29.0 Å². The van der Waals surface area contributed by atoms with E-state index in [4.69, 9.17) is 26.3 Å². The molecule has 3 aromatic carbocycles. The first kappa shape index (κ1) is 22.7. The summed E-state index contributed by atoms with van der Waals surface area (Å²) in [4.78, 5) is 21.1. The summed E-state index contributed by atoms with van der Waals surface area (Å²) in [6, 6.07) is 20.4. The number of aromatic carboxylic acids is 1. The van der Waals surface area contributed by atoms with Crippen molar-refractivity contribution in [2.75, 3.05) is 12.4 Å². The number of halogens is 1. The van der Waals surface area contributed by atoms with Crippen molar-refractivity contribution in [2.24, 2.45) is 0 Å². The topological polar surface area (TPSA) is 89.3 Å². The molecule has 0 saturated carbocycles. The van der Waals surface area contributed by atoms with E-state index < -0.39 is 5.97 Å². The van der Waals surface area contributed by atoms with Gasteiger partial charge in [0.2, 0.25) is 0 Å². The van der Waals surface area contributed by atoms with Gasteiger partial charge in [0.1, 0.15) is 17.2 Å². The maximum Gasteiger partial charge on any atom is 0.335 e. The molecule has 0 fully saturated rings. The molecule has 0 aliphatic carbocycles. The number of methoxy groups -OCH3 is 1. The molecule has 8 heteroatoms.